The van der Waals surface area contributed by atoms with E-state index in [2.05, 4.69) is 237 Å². The summed E-state index contributed by atoms with van der Waals surface area (Å²) in [4.78, 5) is 2.21. The first-order valence-electron chi connectivity index (χ1n) is 21.0. The third-order valence-electron chi connectivity index (χ3n) is 11.7. The number of para-hydroxylation sites is 1. The van der Waals surface area contributed by atoms with Crippen LogP contribution >= 0.6 is 0 Å². The smallest absolute Gasteiger partial charge is 0.142 e. The molecule has 1 aromatic heterocycles. The highest BCUT2D eigenvalue weighted by Gasteiger charge is 2.14. The van der Waals surface area contributed by atoms with Gasteiger partial charge in [-0.25, -0.2) is 0 Å². The van der Waals surface area contributed by atoms with Gasteiger partial charge in [0.25, 0.3) is 0 Å². The lowest BCUT2D eigenvalue weighted by Gasteiger charge is -2.23. The summed E-state index contributed by atoms with van der Waals surface area (Å²) < 4.78 is 6.67. The minimum Gasteiger partial charge on any atom is -0.455 e. The second kappa shape index (κ2) is 16.8. The van der Waals surface area contributed by atoms with Crippen molar-refractivity contribution < 1.29 is 4.42 Å². The van der Waals surface area contributed by atoms with Crippen molar-refractivity contribution in [3.63, 3.8) is 0 Å². The van der Waals surface area contributed by atoms with Gasteiger partial charge in [0.1, 0.15) is 11.2 Å². The highest BCUT2D eigenvalue weighted by Crippen LogP contribution is 2.36. The van der Waals surface area contributed by atoms with E-state index in [0.717, 1.165) is 61.0 Å². The molecule has 0 aliphatic heterocycles. The van der Waals surface area contributed by atoms with Crippen molar-refractivity contribution >= 4 is 71.6 Å². The number of anilines is 1. The number of hydrogen-bond donors (Lipinski definition) is 0. The Kier molecular flexibility index (Phi) is 10.3. The largest absolute Gasteiger partial charge is 0.455 e. The van der Waals surface area contributed by atoms with Gasteiger partial charge in [0.2, 0.25) is 0 Å². The Bertz CT molecular complexity index is 3420. The zero-order valence-electron chi connectivity index (χ0n) is 34.3. The molecule has 0 bridgehead atoms. The van der Waals surface area contributed by atoms with Crippen LogP contribution in [0.4, 0.5) is 5.69 Å². The number of benzene rings is 9. The summed E-state index contributed by atoms with van der Waals surface area (Å²) >= 11 is 0. The molecule has 10 rings (SSSR count). The maximum Gasteiger partial charge on any atom is 0.142 e. The lowest BCUT2D eigenvalue weighted by Crippen LogP contribution is -2.14. The molecule has 0 aliphatic rings. The van der Waals surface area contributed by atoms with E-state index in [1.807, 2.05) is 18.2 Å². The highest BCUT2D eigenvalue weighted by atomic mass is 16.3. The molecule has 0 saturated heterocycles. The molecule has 0 saturated carbocycles. The van der Waals surface area contributed by atoms with Crippen molar-refractivity contribution in [1.82, 2.24) is 0 Å². The van der Waals surface area contributed by atoms with Crippen molar-refractivity contribution in [3.05, 3.63) is 261 Å². The molecule has 0 radical (unpaired) electrons. The third kappa shape index (κ3) is 7.47. The van der Waals surface area contributed by atoms with Gasteiger partial charge in [0.15, 0.2) is 0 Å². The SMILES string of the molecule is C=C/C=C\C(=C\c1cccc2c1oc1cc3ccccc3cc12)N(/C=C/C=C(\C=C)c1ccc(-c2cccc3ccccc23)cc1)c1ccc(-c2ccc3ccccc3c2)cc1. The van der Waals surface area contributed by atoms with Crippen LogP contribution in [0.5, 0.6) is 0 Å². The summed E-state index contributed by atoms with van der Waals surface area (Å²) in [5.74, 6) is 0. The minimum absolute atomic E-state index is 0.846. The topological polar surface area (TPSA) is 16.4 Å². The van der Waals surface area contributed by atoms with Crippen molar-refractivity contribution in [2.45, 2.75) is 0 Å². The zero-order valence-corrected chi connectivity index (χ0v) is 34.3. The predicted molar refractivity (Wildman–Crippen MR) is 267 cm³/mol. The van der Waals surface area contributed by atoms with Crippen LogP contribution in [0.2, 0.25) is 0 Å². The summed E-state index contributed by atoms with van der Waals surface area (Å²) in [5.41, 5.74) is 11.5. The number of nitrogens with zero attached hydrogens (tertiary/aromatic N) is 1. The fraction of sp³-hybridized carbons (Fsp3) is 0. The van der Waals surface area contributed by atoms with Crippen LogP contribution in [0.3, 0.4) is 0 Å². The predicted octanol–water partition coefficient (Wildman–Crippen LogP) is 16.8. The van der Waals surface area contributed by atoms with Crippen molar-refractivity contribution in [2.75, 3.05) is 4.90 Å². The summed E-state index contributed by atoms with van der Waals surface area (Å²) in [7, 11) is 0. The molecule has 0 fully saturated rings. The van der Waals surface area contributed by atoms with Crippen LogP contribution in [-0.2, 0) is 0 Å². The standard InChI is InChI=1S/C60H43NO/c1-3-5-23-54(39-52-21-13-26-57-58-40-49-18-8-9-19-50(49)41-59(58)62-60(52)57)61(53-35-33-45(34-36-53)51-32-29-43-15-6-7-17-48(43)38-51)37-14-22-42(4-2)44-27-30-47(31-28-44)56-25-12-20-46-16-10-11-24-55(46)56/h3-41H,1-2H2/b23-5-,37-14+,42-22+,54-39-. The molecule has 62 heavy (non-hydrogen) atoms. The summed E-state index contributed by atoms with van der Waals surface area (Å²) in [6.07, 6.45) is 16.3. The molecule has 294 valence electrons. The molecule has 0 atom stereocenters. The second-order valence-corrected chi connectivity index (χ2v) is 15.4. The Hall–Kier alpha value is -8.20. The molecule has 0 N–H and O–H groups in total. The average Bonchev–Trinajstić information content (AvgIpc) is 3.70. The summed E-state index contributed by atoms with van der Waals surface area (Å²) in [6.45, 7) is 8.23. The Morgan fingerprint density at radius 3 is 1.92 bits per heavy atom. The molecule has 0 spiro atoms. The molecule has 9 aromatic carbocycles. The monoisotopic (exact) mass is 793 g/mol. The van der Waals surface area contributed by atoms with Crippen LogP contribution in [-0.4, -0.2) is 0 Å². The van der Waals surface area contributed by atoms with E-state index in [0.29, 0.717) is 0 Å². The number of rotatable bonds is 11. The Morgan fingerprint density at radius 2 is 1.15 bits per heavy atom. The van der Waals surface area contributed by atoms with E-state index in [1.165, 1.54) is 43.6 Å². The second-order valence-electron chi connectivity index (χ2n) is 15.4. The van der Waals surface area contributed by atoms with Gasteiger partial charge in [-0.3, -0.25) is 0 Å². The number of hydrogen-bond acceptors (Lipinski definition) is 2. The van der Waals surface area contributed by atoms with Gasteiger partial charge >= 0.3 is 0 Å². The first-order valence-corrected chi connectivity index (χ1v) is 21.0. The van der Waals surface area contributed by atoms with Crippen LogP contribution in [0.25, 0.3) is 88.2 Å². The molecule has 0 aliphatic carbocycles. The van der Waals surface area contributed by atoms with Gasteiger partial charge in [-0.1, -0.05) is 195 Å². The average molecular weight is 794 g/mol. The first-order chi connectivity index (χ1) is 30.6. The van der Waals surface area contributed by atoms with E-state index < -0.39 is 0 Å². The van der Waals surface area contributed by atoms with Crippen LogP contribution in [0, 0.1) is 0 Å². The van der Waals surface area contributed by atoms with Crippen LogP contribution in [0.1, 0.15) is 11.1 Å². The first kappa shape index (κ1) is 38.0. The lowest BCUT2D eigenvalue weighted by molar-refractivity contribution is 0.668. The fourth-order valence-electron chi connectivity index (χ4n) is 8.48. The number of allylic oxidation sites excluding steroid dienone is 7. The van der Waals surface area contributed by atoms with E-state index in [1.54, 1.807) is 0 Å². The number of fused-ring (bicyclic) bond motifs is 6. The van der Waals surface area contributed by atoms with Gasteiger partial charge in [-0.15, -0.1) is 0 Å². The normalized spacial score (nSPS) is 12.4. The van der Waals surface area contributed by atoms with Gasteiger partial charge in [0, 0.05) is 33.9 Å². The third-order valence-corrected chi connectivity index (χ3v) is 11.7. The summed E-state index contributed by atoms with van der Waals surface area (Å²) in [6, 6.07) is 66.8. The number of furan rings is 1. The lowest BCUT2D eigenvalue weighted by atomic mass is 9.96. The van der Waals surface area contributed by atoms with E-state index in [9.17, 15) is 0 Å². The van der Waals surface area contributed by atoms with Crippen molar-refractivity contribution in [1.29, 1.82) is 0 Å². The zero-order chi connectivity index (χ0) is 41.8. The van der Waals surface area contributed by atoms with Crippen molar-refractivity contribution in [2.24, 2.45) is 0 Å². The quantitative estimate of drug-likeness (QED) is 0.121. The molecule has 1 heterocycles. The van der Waals surface area contributed by atoms with Gasteiger partial charge in [-0.05, 0) is 114 Å². The molecule has 0 unspecified atom stereocenters. The maximum atomic E-state index is 6.67. The molecule has 10 aromatic rings. The van der Waals surface area contributed by atoms with Gasteiger partial charge in [0.05, 0.1) is 0 Å². The van der Waals surface area contributed by atoms with Crippen molar-refractivity contribution in [3.8, 4) is 22.3 Å². The molecule has 2 heteroatoms. The Balaban J connectivity index is 1.05. The van der Waals surface area contributed by atoms with E-state index in [-0.39, 0.29) is 0 Å². The Labute approximate surface area is 362 Å². The van der Waals surface area contributed by atoms with E-state index >= 15 is 0 Å². The van der Waals surface area contributed by atoms with E-state index in [4.69, 9.17) is 4.42 Å². The maximum absolute atomic E-state index is 6.67. The van der Waals surface area contributed by atoms with Gasteiger partial charge < -0.3 is 9.32 Å². The summed E-state index contributed by atoms with van der Waals surface area (Å²) in [5, 5.41) is 9.46. The highest BCUT2D eigenvalue weighted by molar-refractivity contribution is 6.11. The van der Waals surface area contributed by atoms with Crippen LogP contribution < -0.4 is 4.90 Å². The molecule has 2 nitrogen and oxygen atoms in total. The molecule has 0 amide bonds. The fourth-order valence-corrected chi connectivity index (χ4v) is 8.48. The Morgan fingerprint density at radius 1 is 0.500 bits per heavy atom. The molecular weight excluding hydrogens is 751 g/mol. The molecular formula is C60H43NO. The van der Waals surface area contributed by atoms with Gasteiger partial charge in [-0.2, -0.15) is 0 Å². The minimum atomic E-state index is 0.846. The van der Waals surface area contributed by atoms with Crippen LogP contribution in [0.15, 0.2) is 254 Å².